The van der Waals surface area contributed by atoms with Gasteiger partial charge in [-0.1, -0.05) is 18.5 Å². The normalized spacial score (nSPS) is 23.8. The van der Waals surface area contributed by atoms with Crippen LogP contribution in [0, 0.1) is 5.92 Å². The summed E-state index contributed by atoms with van der Waals surface area (Å²) in [4.78, 5) is 1.38. The number of oxime groups is 1. The molecule has 1 aliphatic rings. The van der Waals surface area contributed by atoms with Crippen molar-refractivity contribution in [3.05, 3.63) is 21.9 Å². The molecule has 14 heavy (non-hydrogen) atoms. The fourth-order valence-electron chi connectivity index (χ4n) is 2.19. The molecule has 0 spiro atoms. The van der Waals surface area contributed by atoms with Crippen LogP contribution in [0.15, 0.2) is 16.6 Å². The van der Waals surface area contributed by atoms with Crippen molar-refractivity contribution in [2.75, 3.05) is 0 Å². The lowest BCUT2D eigenvalue weighted by Gasteiger charge is -2.22. The van der Waals surface area contributed by atoms with Gasteiger partial charge in [0.2, 0.25) is 0 Å². The highest BCUT2D eigenvalue weighted by molar-refractivity contribution is 7.10. The Kier molecular flexibility index (Phi) is 2.87. The van der Waals surface area contributed by atoms with Gasteiger partial charge < -0.3 is 5.21 Å². The standard InChI is InChI=1S/C11H15NOS/c1-2-3-8-4-5-10-9(6-7-14-10)11(8)12-13/h6-8,13H,2-5H2,1H3/b12-11+. The summed E-state index contributed by atoms with van der Waals surface area (Å²) >= 11 is 1.77. The number of rotatable bonds is 2. The van der Waals surface area contributed by atoms with Gasteiger partial charge in [-0.3, -0.25) is 0 Å². The van der Waals surface area contributed by atoms with Gasteiger partial charge in [0.25, 0.3) is 0 Å². The van der Waals surface area contributed by atoms with Crippen molar-refractivity contribution >= 4 is 17.0 Å². The van der Waals surface area contributed by atoms with Crippen LogP contribution >= 0.6 is 11.3 Å². The van der Waals surface area contributed by atoms with Crippen LogP contribution in [0.5, 0.6) is 0 Å². The Bertz CT molecular complexity index is 343. The summed E-state index contributed by atoms with van der Waals surface area (Å²) in [5, 5.41) is 14.6. The topological polar surface area (TPSA) is 32.6 Å². The molecule has 0 saturated heterocycles. The lowest BCUT2D eigenvalue weighted by molar-refractivity contribution is 0.313. The number of hydrogen-bond donors (Lipinski definition) is 1. The second-order valence-corrected chi connectivity index (χ2v) is 4.77. The molecule has 0 bridgehead atoms. The Labute approximate surface area is 88.3 Å². The van der Waals surface area contributed by atoms with Crippen LogP contribution in [0.1, 0.15) is 36.6 Å². The number of aryl methyl sites for hydroxylation is 1. The average Bonchev–Trinajstić information content (AvgIpc) is 2.66. The highest BCUT2D eigenvalue weighted by Crippen LogP contribution is 2.32. The van der Waals surface area contributed by atoms with Crippen molar-refractivity contribution in [3.8, 4) is 0 Å². The maximum atomic E-state index is 9.05. The Morgan fingerprint density at radius 2 is 2.50 bits per heavy atom. The summed E-state index contributed by atoms with van der Waals surface area (Å²) in [5.74, 6) is 0.465. The zero-order chi connectivity index (χ0) is 9.97. The minimum Gasteiger partial charge on any atom is -0.411 e. The molecule has 1 aromatic heterocycles. The molecule has 1 unspecified atom stereocenters. The molecule has 0 fully saturated rings. The Morgan fingerprint density at radius 1 is 1.64 bits per heavy atom. The van der Waals surface area contributed by atoms with Crippen LogP contribution in [-0.2, 0) is 6.42 Å². The summed E-state index contributed by atoms with van der Waals surface area (Å²) in [6, 6.07) is 2.08. The van der Waals surface area contributed by atoms with Gasteiger partial charge in [0.05, 0.1) is 5.71 Å². The van der Waals surface area contributed by atoms with Gasteiger partial charge in [-0.05, 0) is 30.7 Å². The van der Waals surface area contributed by atoms with Crippen LogP contribution in [0.25, 0.3) is 0 Å². The molecule has 1 N–H and O–H groups in total. The van der Waals surface area contributed by atoms with Crippen LogP contribution < -0.4 is 0 Å². The smallest absolute Gasteiger partial charge is 0.0909 e. The zero-order valence-corrected chi connectivity index (χ0v) is 9.18. The molecular formula is C11H15NOS. The summed E-state index contributed by atoms with van der Waals surface area (Å²) in [5.41, 5.74) is 2.09. The molecule has 3 heteroatoms. The Balaban J connectivity index is 2.30. The van der Waals surface area contributed by atoms with E-state index < -0.39 is 0 Å². The SMILES string of the molecule is CCCC1CCc2sccc2/C1=N/O. The Hall–Kier alpha value is -0.830. The van der Waals surface area contributed by atoms with Crippen molar-refractivity contribution in [2.24, 2.45) is 11.1 Å². The minimum atomic E-state index is 0.465. The van der Waals surface area contributed by atoms with Gasteiger partial charge in [0.1, 0.15) is 0 Å². The fourth-order valence-corrected chi connectivity index (χ4v) is 3.09. The predicted octanol–water partition coefficient (Wildman–Crippen LogP) is 3.29. The quantitative estimate of drug-likeness (QED) is 0.588. The summed E-state index contributed by atoms with van der Waals surface area (Å²) in [6.45, 7) is 2.18. The van der Waals surface area contributed by atoms with Gasteiger partial charge in [-0.2, -0.15) is 0 Å². The highest BCUT2D eigenvalue weighted by atomic mass is 32.1. The fraction of sp³-hybridized carbons (Fsp3) is 0.545. The maximum absolute atomic E-state index is 9.05. The molecule has 0 saturated carbocycles. The molecule has 1 aliphatic carbocycles. The number of fused-ring (bicyclic) bond motifs is 1. The van der Waals surface area contributed by atoms with E-state index in [1.165, 1.54) is 10.4 Å². The second-order valence-electron chi connectivity index (χ2n) is 3.77. The largest absolute Gasteiger partial charge is 0.411 e. The van der Waals surface area contributed by atoms with Gasteiger partial charge >= 0.3 is 0 Å². The van der Waals surface area contributed by atoms with Crippen molar-refractivity contribution in [2.45, 2.75) is 32.6 Å². The third-order valence-corrected chi connectivity index (χ3v) is 3.85. The third kappa shape index (κ3) is 1.57. The zero-order valence-electron chi connectivity index (χ0n) is 8.36. The van der Waals surface area contributed by atoms with Crippen LogP contribution in [0.2, 0.25) is 0 Å². The first-order valence-electron chi connectivity index (χ1n) is 5.15. The maximum Gasteiger partial charge on any atom is 0.0909 e. The first kappa shape index (κ1) is 9.71. The van der Waals surface area contributed by atoms with E-state index in [-0.39, 0.29) is 0 Å². The number of thiophene rings is 1. The van der Waals surface area contributed by atoms with Crippen LogP contribution in [-0.4, -0.2) is 10.9 Å². The molecule has 0 radical (unpaired) electrons. The van der Waals surface area contributed by atoms with Crippen LogP contribution in [0.3, 0.4) is 0 Å². The van der Waals surface area contributed by atoms with Crippen molar-refractivity contribution in [1.29, 1.82) is 0 Å². The lowest BCUT2D eigenvalue weighted by atomic mass is 9.84. The van der Waals surface area contributed by atoms with Crippen molar-refractivity contribution in [1.82, 2.24) is 0 Å². The molecule has 1 heterocycles. The molecule has 1 atom stereocenters. The van der Waals surface area contributed by atoms with Crippen LogP contribution in [0.4, 0.5) is 0 Å². The van der Waals surface area contributed by atoms with Gasteiger partial charge in [0, 0.05) is 16.4 Å². The number of nitrogens with zero attached hydrogens (tertiary/aromatic N) is 1. The molecular weight excluding hydrogens is 194 g/mol. The second kappa shape index (κ2) is 4.13. The molecule has 0 amide bonds. The van der Waals surface area contributed by atoms with Gasteiger partial charge in [0.15, 0.2) is 0 Å². The van der Waals surface area contributed by atoms with E-state index >= 15 is 0 Å². The van der Waals surface area contributed by atoms with E-state index in [1.54, 1.807) is 11.3 Å². The average molecular weight is 209 g/mol. The molecule has 1 aromatic rings. The molecule has 2 rings (SSSR count). The van der Waals surface area contributed by atoms with Crippen molar-refractivity contribution < 1.29 is 5.21 Å². The molecule has 0 aromatic carbocycles. The highest BCUT2D eigenvalue weighted by Gasteiger charge is 2.25. The minimum absolute atomic E-state index is 0.465. The van der Waals surface area contributed by atoms with Gasteiger partial charge in [-0.25, -0.2) is 0 Å². The summed E-state index contributed by atoms with van der Waals surface area (Å²) in [6.07, 6.45) is 4.58. The lowest BCUT2D eigenvalue weighted by Crippen LogP contribution is -2.21. The molecule has 0 aliphatic heterocycles. The van der Waals surface area contributed by atoms with E-state index in [0.29, 0.717) is 5.92 Å². The summed E-state index contributed by atoms with van der Waals surface area (Å²) < 4.78 is 0. The van der Waals surface area contributed by atoms with Crippen molar-refractivity contribution in [3.63, 3.8) is 0 Å². The summed E-state index contributed by atoms with van der Waals surface area (Å²) in [7, 11) is 0. The van der Waals surface area contributed by atoms with E-state index in [1.807, 2.05) is 0 Å². The first-order chi connectivity index (χ1) is 6.86. The van der Waals surface area contributed by atoms with Gasteiger partial charge in [-0.15, -0.1) is 11.3 Å². The third-order valence-electron chi connectivity index (χ3n) is 2.87. The monoisotopic (exact) mass is 209 g/mol. The number of hydrogen-bond acceptors (Lipinski definition) is 3. The van der Waals surface area contributed by atoms with E-state index in [9.17, 15) is 0 Å². The molecule has 76 valence electrons. The predicted molar refractivity (Wildman–Crippen MR) is 59.4 cm³/mol. The molecule has 2 nitrogen and oxygen atoms in total. The first-order valence-corrected chi connectivity index (χ1v) is 6.03. The Morgan fingerprint density at radius 3 is 3.21 bits per heavy atom. The van der Waals surface area contributed by atoms with E-state index in [2.05, 4.69) is 23.5 Å². The van der Waals surface area contributed by atoms with E-state index in [0.717, 1.165) is 31.4 Å². The van der Waals surface area contributed by atoms with E-state index in [4.69, 9.17) is 5.21 Å².